The quantitative estimate of drug-likeness (QED) is 0.751. The molecule has 0 saturated heterocycles. The van der Waals surface area contributed by atoms with Crippen molar-refractivity contribution in [3.05, 3.63) is 0 Å². The molecule has 0 aromatic heterocycles. The van der Waals surface area contributed by atoms with E-state index in [2.05, 4.69) is 6.92 Å². The lowest BCUT2D eigenvalue weighted by Gasteiger charge is -2.46. The number of rotatable bonds is 1. The molecule has 4 heteroatoms. The van der Waals surface area contributed by atoms with Crippen LogP contribution in [0.15, 0.2) is 0 Å². The zero-order valence-corrected chi connectivity index (χ0v) is 11.1. The lowest BCUT2D eigenvalue weighted by molar-refractivity contribution is -0.189. The molecule has 2 aliphatic carbocycles. The van der Waals surface area contributed by atoms with Crippen molar-refractivity contribution in [1.82, 2.24) is 0 Å². The Hall–Kier alpha value is -0.250. The van der Waals surface area contributed by atoms with E-state index in [4.69, 9.17) is 5.73 Å². The second-order valence-corrected chi connectivity index (χ2v) is 6.54. The van der Waals surface area contributed by atoms with Gasteiger partial charge in [-0.3, -0.25) is 0 Å². The van der Waals surface area contributed by atoms with Crippen molar-refractivity contribution in [3.63, 3.8) is 0 Å². The van der Waals surface area contributed by atoms with E-state index in [0.29, 0.717) is 18.3 Å². The minimum Gasteiger partial charge on any atom is -0.325 e. The lowest BCUT2D eigenvalue weighted by atomic mass is 9.64. The SMILES string of the molecule is CC1CCCC(C2(N)CCCC(C(F)(F)F)C2)C1. The Morgan fingerprint density at radius 2 is 1.83 bits per heavy atom. The third-order valence-corrected chi connectivity index (χ3v) is 5.03. The molecule has 2 N–H and O–H groups in total. The van der Waals surface area contributed by atoms with Crippen molar-refractivity contribution in [3.8, 4) is 0 Å². The zero-order chi connectivity index (χ0) is 13.4. The molecule has 2 fully saturated rings. The molecule has 0 aromatic rings. The van der Waals surface area contributed by atoms with E-state index < -0.39 is 17.6 Å². The molecule has 0 aliphatic heterocycles. The number of halogens is 3. The third-order valence-electron chi connectivity index (χ3n) is 5.03. The van der Waals surface area contributed by atoms with Crippen molar-refractivity contribution in [2.24, 2.45) is 23.5 Å². The van der Waals surface area contributed by atoms with Crippen molar-refractivity contribution in [2.75, 3.05) is 0 Å². The number of alkyl halides is 3. The summed E-state index contributed by atoms with van der Waals surface area (Å²) in [5.74, 6) is -0.254. The summed E-state index contributed by atoms with van der Waals surface area (Å²) < 4.78 is 38.6. The predicted molar refractivity (Wildman–Crippen MR) is 66.1 cm³/mol. The molecule has 0 bridgehead atoms. The Bertz CT molecular complexity index is 289. The fraction of sp³-hybridized carbons (Fsp3) is 1.00. The van der Waals surface area contributed by atoms with Gasteiger partial charge >= 0.3 is 6.18 Å². The molecule has 0 heterocycles. The highest BCUT2D eigenvalue weighted by atomic mass is 19.4. The van der Waals surface area contributed by atoms with Gasteiger partial charge in [-0.15, -0.1) is 0 Å². The highest BCUT2D eigenvalue weighted by Crippen LogP contribution is 2.47. The molecular weight excluding hydrogens is 239 g/mol. The van der Waals surface area contributed by atoms with Crippen LogP contribution >= 0.6 is 0 Å². The summed E-state index contributed by atoms with van der Waals surface area (Å²) in [7, 11) is 0. The van der Waals surface area contributed by atoms with Crippen LogP contribution in [0.4, 0.5) is 13.2 Å². The molecular formula is C14H24F3N. The summed E-state index contributed by atoms with van der Waals surface area (Å²) in [4.78, 5) is 0. The van der Waals surface area contributed by atoms with Gasteiger partial charge in [-0.2, -0.15) is 13.2 Å². The van der Waals surface area contributed by atoms with Crippen LogP contribution in [-0.2, 0) is 0 Å². The van der Waals surface area contributed by atoms with Gasteiger partial charge in [-0.05, 0) is 43.9 Å². The maximum atomic E-state index is 12.9. The first-order valence-corrected chi connectivity index (χ1v) is 7.17. The Balaban J connectivity index is 2.05. The molecule has 106 valence electrons. The maximum absolute atomic E-state index is 12.9. The molecule has 0 radical (unpaired) electrons. The smallest absolute Gasteiger partial charge is 0.325 e. The molecule has 0 aromatic carbocycles. The first kappa shape index (κ1) is 14.2. The molecule has 0 spiro atoms. The average molecular weight is 263 g/mol. The fourth-order valence-corrected chi connectivity index (χ4v) is 3.95. The van der Waals surface area contributed by atoms with Crippen LogP contribution in [0, 0.1) is 17.8 Å². The van der Waals surface area contributed by atoms with E-state index in [0.717, 1.165) is 25.7 Å². The first-order valence-electron chi connectivity index (χ1n) is 7.17. The topological polar surface area (TPSA) is 26.0 Å². The van der Waals surface area contributed by atoms with Gasteiger partial charge in [-0.25, -0.2) is 0 Å². The number of hydrogen-bond acceptors (Lipinski definition) is 1. The lowest BCUT2D eigenvalue weighted by Crippen LogP contribution is -2.53. The van der Waals surface area contributed by atoms with Gasteiger partial charge in [0.25, 0.3) is 0 Å². The van der Waals surface area contributed by atoms with E-state index in [1.807, 2.05) is 0 Å². The standard InChI is InChI=1S/C14H24F3N/c1-10-4-2-5-11(8-10)13(18)7-3-6-12(9-13)14(15,16)17/h10-12H,2-9,18H2,1H3. The molecule has 18 heavy (non-hydrogen) atoms. The molecule has 0 amide bonds. The number of hydrogen-bond donors (Lipinski definition) is 1. The van der Waals surface area contributed by atoms with Gasteiger partial charge in [-0.1, -0.05) is 26.2 Å². The molecule has 2 saturated carbocycles. The Morgan fingerprint density at radius 1 is 1.11 bits per heavy atom. The second kappa shape index (κ2) is 5.03. The maximum Gasteiger partial charge on any atom is 0.391 e. The van der Waals surface area contributed by atoms with E-state index in [1.54, 1.807) is 0 Å². The summed E-state index contributed by atoms with van der Waals surface area (Å²) in [5.41, 5.74) is 5.82. The van der Waals surface area contributed by atoms with E-state index in [9.17, 15) is 13.2 Å². The monoisotopic (exact) mass is 263 g/mol. The molecule has 2 aliphatic rings. The summed E-state index contributed by atoms with van der Waals surface area (Å²) in [6.45, 7) is 2.19. The molecule has 4 unspecified atom stereocenters. The van der Waals surface area contributed by atoms with Gasteiger partial charge in [0.2, 0.25) is 0 Å². The third kappa shape index (κ3) is 3.01. The van der Waals surface area contributed by atoms with Gasteiger partial charge in [0.05, 0.1) is 5.92 Å². The zero-order valence-electron chi connectivity index (χ0n) is 11.1. The molecule has 4 atom stereocenters. The van der Waals surface area contributed by atoms with Crippen LogP contribution in [0.3, 0.4) is 0 Å². The molecule has 2 rings (SSSR count). The van der Waals surface area contributed by atoms with Crippen LogP contribution in [0.2, 0.25) is 0 Å². The van der Waals surface area contributed by atoms with Gasteiger partial charge in [0.1, 0.15) is 0 Å². The van der Waals surface area contributed by atoms with Crippen LogP contribution < -0.4 is 5.73 Å². The highest BCUT2D eigenvalue weighted by molar-refractivity contribution is 4.98. The van der Waals surface area contributed by atoms with Crippen LogP contribution in [0.25, 0.3) is 0 Å². The Labute approximate surface area is 107 Å². The summed E-state index contributed by atoms with van der Waals surface area (Å²) >= 11 is 0. The van der Waals surface area contributed by atoms with Crippen molar-refractivity contribution in [2.45, 2.75) is 70.0 Å². The first-order chi connectivity index (χ1) is 8.31. The summed E-state index contributed by atoms with van der Waals surface area (Å²) in [5, 5.41) is 0. The normalized spacial score (nSPS) is 42.8. The van der Waals surface area contributed by atoms with Crippen molar-refractivity contribution in [1.29, 1.82) is 0 Å². The van der Waals surface area contributed by atoms with Crippen LogP contribution in [-0.4, -0.2) is 11.7 Å². The second-order valence-electron chi connectivity index (χ2n) is 6.54. The fourth-order valence-electron chi connectivity index (χ4n) is 3.95. The number of nitrogens with two attached hydrogens (primary N) is 1. The minimum atomic E-state index is -4.06. The van der Waals surface area contributed by atoms with Gasteiger partial charge < -0.3 is 5.73 Å². The largest absolute Gasteiger partial charge is 0.391 e. The Morgan fingerprint density at radius 3 is 2.44 bits per heavy atom. The van der Waals surface area contributed by atoms with Gasteiger partial charge in [0, 0.05) is 5.54 Å². The van der Waals surface area contributed by atoms with E-state index in [-0.39, 0.29) is 12.8 Å². The van der Waals surface area contributed by atoms with E-state index >= 15 is 0 Å². The summed E-state index contributed by atoms with van der Waals surface area (Å²) in [6, 6.07) is 0. The minimum absolute atomic E-state index is 0.147. The van der Waals surface area contributed by atoms with Crippen LogP contribution in [0.5, 0.6) is 0 Å². The average Bonchev–Trinajstić information content (AvgIpc) is 2.28. The Kier molecular flexibility index (Phi) is 3.96. The van der Waals surface area contributed by atoms with Crippen molar-refractivity contribution < 1.29 is 13.2 Å². The van der Waals surface area contributed by atoms with Crippen LogP contribution in [0.1, 0.15) is 58.3 Å². The highest BCUT2D eigenvalue weighted by Gasteiger charge is 2.49. The van der Waals surface area contributed by atoms with Crippen molar-refractivity contribution >= 4 is 0 Å². The van der Waals surface area contributed by atoms with Gasteiger partial charge in [0.15, 0.2) is 0 Å². The van der Waals surface area contributed by atoms with E-state index in [1.165, 1.54) is 6.42 Å². The molecule has 1 nitrogen and oxygen atoms in total. The summed E-state index contributed by atoms with van der Waals surface area (Å²) in [6.07, 6.45) is 2.12. The predicted octanol–water partition coefficient (Wildman–Crippen LogP) is 4.26.